The van der Waals surface area contributed by atoms with E-state index in [1.54, 1.807) is 0 Å². The van der Waals surface area contributed by atoms with Crippen LogP contribution in [0.4, 0.5) is 10.1 Å². The summed E-state index contributed by atoms with van der Waals surface area (Å²) < 4.78 is 45.3. The number of rotatable bonds is 3. The van der Waals surface area contributed by atoms with E-state index in [9.17, 15) is 12.8 Å². The highest BCUT2D eigenvalue weighted by Gasteiger charge is 2.26. The molecular formula is C12H17FN2O3S. The maximum atomic E-state index is 12.9. The zero-order valence-corrected chi connectivity index (χ0v) is 11.4. The predicted molar refractivity (Wildman–Crippen MR) is 69.6 cm³/mol. The lowest BCUT2D eigenvalue weighted by Gasteiger charge is -2.27. The van der Waals surface area contributed by atoms with Gasteiger partial charge in [0.25, 0.3) is 0 Å². The Balaban J connectivity index is 2.18. The molecule has 0 saturated carbocycles. The molecule has 0 aliphatic carbocycles. The summed E-state index contributed by atoms with van der Waals surface area (Å²) >= 11 is 0. The molecule has 0 amide bonds. The second kappa shape index (κ2) is 5.44. The second-order valence-electron chi connectivity index (χ2n) is 4.71. The number of nitrogens with two attached hydrogens (primary N) is 1. The van der Waals surface area contributed by atoms with Gasteiger partial charge in [0.15, 0.2) is 0 Å². The van der Waals surface area contributed by atoms with Gasteiger partial charge in [0.1, 0.15) is 10.7 Å². The summed E-state index contributed by atoms with van der Waals surface area (Å²) in [5.74, 6) is -0.559. The summed E-state index contributed by atoms with van der Waals surface area (Å²) in [5.41, 5.74) is 5.47. The van der Waals surface area contributed by atoms with E-state index in [2.05, 4.69) is 4.72 Å². The highest BCUT2D eigenvalue weighted by Crippen LogP contribution is 2.21. The zero-order valence-electron chi connectivity index (χ0n) is 10.6. The predicted octanol–water partition coefficient (Wildman–Crippen LogP) is 1.25. The topological polar surface area (TPSA) is 81.4 Å². The minimum atomic E-state index is -3.73. The lowest BCUT2D eigenvalue weighted by Crippen LogP contribution is -2.41. The number of anilines is 1. The van der Waals surface area contributed by atoms with Gasteiger partial charge in [-0.2, -0.15) is 0 Å². The fraction of sp³-hybridized carbons (Fsp3) is 0.500. The minimum Gasteiger partial charge on any atom is -0.398 e. The van der Waals surface area contributed by atoms with Gasteiger partial charge in [-0.05, 0) is 38.0 Å². The monoisotopic (exact) mass is 288 g/mol. The second-order valence-corrected chi connectivity index (χ2v) is 6.39. The molecule has 7 heteroatoms. The van der Waals surface area contributed by atoms with Crippen LogP contribution in [-0.2, 0) is 14.8 Å². The summed E-state index contributed by atoms with van der Waals surface area (Å²) in [4.78, 5) is -0.0898. The summed E-state index contributed by atoms with van der Waals surface area (Å²) in [5, 5.41) is 0. The van der Waals surface area contributed by atoms with Gasteiger partial charge in [-0.25, -0.2) is 17.5 Å². The lowest BCUT2D eigenvalue weighted by atomic mass is 10.1. The van der Waals surface area contributed by atoms with Gasteiger partial charge in [0.05, 0.1) is 11.8 Å². The standard InChI is InChI=1S/C12H17FN2O3S/c1-8-6-10(4-5-18-8)15-19(16,17)12-3-2-9(13)7-11(12)14/h2-3,7-8,10,15H,4-6,14H2,1H3. The Hall–Kier alpha value is -1.18. The van der Waals surface area contributed by atoms with Crippen molar-refractivity contribution < 1.29 is 17.5 Å². The van der Waals surface area contributed by atoms with E-state index in [1.165, 1.54) is 6.07 Å². The molecular weight excluding hydrogens is 271 g/mol. The van der Waals surface area contributed by atoms with Gasteiger partial charge in [-0.3, -0.25) is 0 Å². The quantitative estimate of drug-likeness (QED) is 0.820. The SMILES string of the molecule is CC1CC(NS(=O)(=O)c2ccc(F)cc2N)CCO1. The molecule has 0 spiro atoms. The first-order chi connectivity index (χ1) is 8.88. The van der Waals surface area contributed by atoms with E-state index < -0.39 is 15.8 Å². The fourth-order valence-electron chi connectivity index (χ4n) is 2.15. The van der Waals surface area contributed by atoms with Crippen LogP contribution in [0.1, 0.15) is 19.8 Å². The molecule has 0 radical (unpaired) electrons. The molecule has 19 heavy (non-hydrogen) atoms. The third kappa shape index (κ3) is 3.43. The molecule has 1 aromatic carbocycles. The molecule has 2 rings (SSSR count). The van der Waals surface area contributed by atoms with Crippen molar-refractivity contribution in [3.05, 3.63) is 24.0 Å². The summed E-state index contributed by atoms with van der Waals surface area (Å²) in [6.07, 6.45) is 1.25. The van der Waals surface area contributed by atoms with Crippen molar-refractivity contribution in [2.45, 2.75) is 36.8 Å². The van der Waals surface area contributed by atoms with Crippen molar-refractivity contribution in [1.29, 1.82) is 0 Å². The Morgan fingerprint density at radius 3 is 2.84 bits per heavy atom. The van der Waals surface area contributed by atoms with Crippen LogP contribution in [0, 0.1) is 5.82 Å². The Labute approximate surface area is 112 Å². The number of sulfonamides is 1. The van der Waals surface area contributed by atoms with Gasteiger partial charge < -0.3 is 10.5 Å². The minimum absolute atomic E-state index is 0.0204. The van der Waals surface area contributed by atoms with Crippen LogP contribution >= 0.6 is 0 Å². The van der Waals surface area contributed by atoms with Crippen molar-refractivity contribution in [3.8, 4) is 0 Å². The molecule has 0 bridgehead atoms. The number of hydrogen-bond donors (Lipinski definition) is 2. The Morgan fingerprint density at radius 2 is 2.21 bits per heavy atom. The molecule has 1 aliphatic heterocycles. The third-order valence-electron chi connectivity index (χ3n) is 3.07. The normalized spacial score (nSPS) is 24.3. The number of ether oxygens (including phenoxy) is 1. The average Bonchev–Trinajstić information content (AvgIpc) is 2.27. The van der Waals surface area contributed by atoms with Crippen molar-refractivity contribution in [3.63, 3.8) is 0 Å². The van der Waals surface area contributed by atoms with Crippen molar-refractivity contribution in [2.75, 3.05) is 12.3 Å². The largest absolute Gasteiger partial charge is 0.398 e. The van der Waals surface area contributed by atoms with Crippen LogP contribution in [0.2, 0.25) is 0 Å². The first-order valence-electron chi connectivity index (χ1n) is 6.07. The van der Waals surface area contributed by atoms with Crippen LogP contribution in [0.25, 0.3) is 0 Å². The molecule has 0 aromatic heterocycles. The highest BCUT2D eigenvalue weighted by atomic mass is 32.2. The Kier molecular flexibility index (Phi) is 4.07. The zero-order chi connectivity index (χ0) is 14.0. The van der Waals surface area contributed by atoms with Crippen LogP contribution < -0.4 is 10.5 Å². The first kappa shape index (κ1) is 14.2. The lowest BCUT2D eigenvalue weighted by molar-refractivity contribution is 0.0173. The smallest absolute Gasteiger partial charge is 0.242 e. The molecule has 1 fully saturated rings. The molecule has 3 N–H and O–H groups in total. The molecule has 1 heterocycles. The molecule has 1 saturated heterocycles. The summed E-state index contributed by atoms with van der Waals surface area (Å²) in [6.45, 7) is 2.42. The highest BCUT2D eigenvalue weighted by molar-refractivity contribution is 7.89. The average molecular weight is 288 g/mol. The van der Waals surface area contributed by atoms with Gasteiger partial charge in [0, 0.05) is 12.6 Å². The van der Waals surface area contributed by atoms with Crippen LogP contribution in [0.3, 0.4) is 0 Å². The Bertz CT molecular complexity index is 562. The fourth-order valence-corrected chi connectivity index (χ4v) is 3.55. The van der Waals surface area contributed by atoms with Crippen molar-refractivity contribution in [1.82, 2.24) is 4.72 Å². The number of nitrogen functional groups attached to an aromatic ring is 1. The van der Waals surface area contributed by atoms with E-state index in [4.69, 9.17) is 10.5 Å². The van der Waals surface area contributed by atoms with Crippen LogP contribution in [0.15, 0.2) is 23.1 Å². The molecule has 2 unspecified atom stereocenters. The molecule has 106 valence electrons. The van der Waals surface area contributed by atoms with Crippen LogP contribution in [-0.4, -0.2) is 27.2 Å². The van der Waals surface area contributed by atoms with Crippen molar-refractivity contribution >= 4 is 15.7 Å². The first-order valence-corrected chi connectivity index (χ1v) is 7.56. The molecule has 1 aromatic rings. The Morgan fingerprint density at radius 1 is 1.47 bits per heavy atom. The van der Waals surface area contributed by atoms with Crippen LogP contribution in [0.5, 0.6) is 0 Å². The number of hydrogen-bond acceptors (Lipinski definition) is 4. The van der Waals surface area contributed by atoms with E-state index in [1.807, 2.05) is 6.92 Å². The van der Waals surface area contributed by atoms with Gasteiger partial charge >= 0.3 is 0 Å². The molecule has 1 aliphatic rings. The molecule has 2 atom stereocenters. The summed E-state index contributed by atoms with van der Waals surface area (Å²) in [7, 11) is -3.73. The number of nitrogens with one attached hydrogen (secondary N) is 1. The van der Waals surface area contributed by atoms with E-state index in [-0.39, 0.29) is 22.7 Å². The third-order valence-corrected chi connectivity index (χ3v) is 4.66. The van der Waals surface area contributed by atoms with E-state index in [0.717, 1.165) is 12.1 Å². The molecule has 5 nitrogen and oxygen atoms in total. The van der Waals surface area contributed by atoms with Gasteiger partial charge in [-0.15, -0.1) is 0 Å². The van der Waals surface area contributed by atoms with Crippen molar-refractivity contribution in [2.24, 2.45) is 0 Å². The number of halogens is 1. The van der Waals surface area contributed by atoms with E-state index >= 15 is 0 Å². The maximum Gasteiger partial charge on any atom is 0.242 e. The van der Waals surface area contributed by atoms with E-state index in [0.29, 0.717) is 19.4 Å². The number of benzene rings is 1. The summed E-state index contributed by atoms with van der Waals surface area (Å²) in [6, 6.07) is 3.08. The van der Waals surface area contributed by atoms with Gasteiger partial charge in [0.2, 0.25) is 10.0 Å². The maximum absolute atomic E-state index is 12.9. The van der Waals surface area contributed by atoms with Gasteiger partial charge in [-0.1, -0.05) is 0 Å².